The molecule has 0 aliphatic heterocycles. The monoisotopic (exact) mass is 480 g/mol. The number of nitrogens with one attached hydrogen (secondary N) is 1. The van der Waals surface area contributed by atoms with E-state index in [0.717, 1.165) is 0 Å². The lowest BCUT2D eigenvalue weighted by molar-refractivity contribution is -0.205. The number of carbonyl (C=O) groups is 4. The lowest BCUT2D eigenvalue weighted by atomic mass is 10.1. The highest BCUT2D eigenvalue weighted by Crippen LogP contribution is 2.25. The number of benzene rings is 1. The standard InChI is InChI=1S/C24H36N2O8/c1-22(2,3)33-19(28)16-10-11-18(25-20(29)24(31-8,32-9)12-13-27)17(14-16)15-26(7)21(30)34-23(4,5)6/h10-11,13-14H,12,15H2,1-9H3,(H,25,29). The van der Waals surface area contributed by atoms with E-state index >= 15 is 0 Å². The molecule has 1 N–H and O–H groups in total. The summed E-state index contributed by atoms with van der Waals surface area (Å²) in [4.78, 5) is 50.4. The molecule has 0 aliphatic rings. The average Bonchev–Trinajstić information content (AvgIpc) is 2.70. The number of methoxy groups -OCH3 is 2. The van der Waals surface area contributed by atoms with E-state index in [4.69, 9.17) is 18.9 Å². The van der Waals surface area contributed by atoms with E-state index in [2.05, 4.69) is 5.32 Å². The third-order valence-corrected chi connectivity index (χ3v) is 4.46. The summed E-state index contributed by atoms with van der Waals surface area (Å²) in [5.74, 6) is -3.12. The lowest BCUT2D eigenvalue weighted by Gasteiger charge is -2.29. The van der Waals surface area contributed by atoms with Crippen molar-refractivity contribution >= 4 is 29.9 Å². The molecule has 34 heavy (non-hydrogen) atoms. The Balaban J connectivity index is 3.36. The van der Waals surface area contributed by atoms with Crippen LogP contribution in [0.3, 0.4) is 0 Å². The summed E-state index contributed by atoms with van der Waals surface area (Å²) in [6.07, 6.45) is -0.416. The highest BCUT2D eigenvalue weighted by Gasteiger charge is 2.39. The normalized spacial score (nSPS) is 12.0. The molecule has 0 bridgehead atoms. The number of anilines is 1. The second kappa shape index (κ2) is 11.4. The van der Waals surface area contributed by atoms with Gasteiger partial charge in [-0.2, -0.15) is 0 Å². The van der Waals surface area contributed by atoms with Gasteiger partial charge in [-0.15, -0.1) is 0 Å². The Hall–Kier alpha value is -2.98. The van der Waals surface area contributed by atoms with Gasteiger partial charge < -0.3 is 34.0 Å². The Morgan fingerprint density at radius 1 is 0.971 bits per heavy atom. The van der Waals surface area contributed by atoms with Crippen LogP contribution < -0.4 is 5.32 Å². The minimum Gasteiger partial charge on any atom is -0.456 e. The molecule has 1 aromatic carbocycles. The Bertz CT molecular complexity index is 895. The molecule has 0 heterocycles. The Kier molecular flexibility index (Phi) is 9.77. The van der Waals surface area contributed by atoms with Crippen LogP contribution in [0.2, 0.25) is 0 Å². The van der Waals surface area contributed by atoms with Crippen LogP contribution >= 0.6 is 0 Å². The second-order valence-corrected chi connectivity index (χ2v) is 9.70. The molecule has 1 rings (SSSR count). The van der Waals surface area contributed by atoms with Crippen molar-refractivity contribution in [3.8, 4) is 0 Å². The van der Waals surface area contributed by atoms with Crippen LogP contribution in [0.1, 0.15) is 63.9 Å². The molecule has 0 fully saturated rings. The van der Waals surface area contributed by atoms with Gasteiger partial charge >= 0.3 is 12.1 Å². The minimum absolute atomic E-state index is 0.00180. The summed E-state index contributed by atoms with van der Waals surface area (Å²) < 4.78 is 21.2. The van der Waals surface area contributed by atoms with Crippen LogP contribution in [0.4, 0.5) is 10.5 Å². The van der Waals surface area contributed by atoms with E-state index in [-0.39, 0.29) is 24.2 Å². The number of amides is 2. The van der Waals surface area contributed by atoms with Crippen molar-refractivity contribution in [1.29, 1.82) is 0 Å². The van der Waals surface area contributed by atoms with Gasteiger partial charge in [0.15, 0.2) is 0 Å². The third-order valence-electron chi connectivity index (χ3n) is 4.46. The van der Waals surface area contributed by atoms with Crippen molar-refractivity contribution in [3.05, 3.63) is 29.3 Å². The molecular formula is C24H36N2O8. The smallest absolute Gasteiger partial charge is 0.410 e. The topological polar surface area (TPSA) is 120 Å². The molecular weight excluding hydrogens is 444 g/mol. The summed E-state index contributed by atoms with van der Waals surface area (Å²) in [7, 11) is 4.02. The molecule has 0 aromatic heterocycles. The molecule has 0 unspecified atom stereocenters. The molecule has 0 radical (unpaired) electrons. The predicted molar refractivity (Wildman–Crippen MR) is 125 cm³/mol. The van der Waals surface area contributed by atoms with E-state index in [1.54, 1.807) is 41.5 Å². The molecule has 0 aliphatic carbocycles. The zero-order valence-electron chi connectivity index (χ0n) is 21.4. The van der Waals surface area contributed by atoms with Gasteiger partial charge in [0.2, 0.25) is 0 Å². The van der Waals surface area contributed by atoms with Gasteiger partial charge in [0.1, 0.15) is 17.5 Å². The largest absolute Gasteiger partial charge is 0.456 e. The van der Waals surface area contributed by atoms with Crippen LogP contribution in [-0.2, 0) is 35.1 Å². The van der Waals surface area contributed by atoms with Gasteiger partial charge in [0.05, 0.1) is 18.5 Å². The van der Waals surface area contributed by atoms with Crippen LogP contribution in [0.25, 0.3) is 0 Å². The van der Waals surface area contributed by atoms with Crippen molar-refractivity contribution in [2.45, 2.75) is 71.5 Å². The number of ether oxygens (including phenoxy) is 4. The summed E-state index contributed by atoms with van der Waals surface area (Å²) in [5, 5.41) is 2.67. The van der Waals surface area contributed by atoms with E-state index in [1.807, 2.05) is 0 Å². The van der Waals surface area contributed by atoms with E-state index in [1.165, 1.54) is 44.4 Å². The number of nitrogens with zero attached hydrogens (tertiary/aromatic N) is 1. The Labute approximate surface area is 200 Å². The summed E-state index contributed by atoms with van der Waals surface area (Å²) in [5.41, 5.74) is -0.456. The second-order valence-electron chi connectivity index (χ2n) is 9.70. The molecule has 10 nitrogen and oxygen atoms in total. The third kappa shape index (κ3) is 8.42. The quantitative estimate of drug-likeness (QED) is 0.324. The predicted octanol–water partition coefficient (Wildman–Crippen LogP) is 3.53. The SMILES string of the molecule is COC(CC=O)(OC)C(=O)Nc1ccc(C(=O)OC(C)(C)C)cc1CN(C)C(=O)OC(C)(C)C. The van der Waals surface area contributed by atoms with Gasteiger partial charge in [-0.3, -0.25) is 4.79 Å². The van der Waals surface area contributed by atoms with E-state index < -0.39 is 35.0 Å². The number of esters is 1. The first-order chi connectivity index (χ1) is 15.6. The first-order valence-electron chi connectivity index (χ1n) is 10.7. The summed E-state index contributed by atoms with van der Waals surface area (Å²) in [6, 6.07) is 4.51. The number of rotatable bonds is 9. The van der Waals surface area contributed by atoms with Crippen molar-refractivity contribution in [1.82, 2.24) is 4.90 Å². The van der Waals surface area contributed by atoms with Gasteiger partial charge in [0.25, 0.3) is 11.7 Å². The average molecular weight is 481 g/mol. The van der Waals surface area contributed by atoms with Crippen LogP contribution in [0, 0.1) is 0 Å². The van der Waals surface area contributed by atoms with Gasteiger partial charge in [-0.25, -0.2) is 9.59 Å². The highest BCUT2D eigenvalue weighted by molar-refractivity contribution is 5.99. The summed E-state index contributed by atoms with van der Waals surface area (Å²) >= 11 is 0. The molecule has 2 amide bonds. The Morgan fingerprint density at radius 3 is 2.00 bits per heavy atom. The van der Waals surface area contributed by atoms with Crippen LogP contribution in [-0.4, -0.2) is 67.4 Å². The Morgan fingerprint density at radius 2 is 1.53 bits per heavy atom. The number of aldehydes is 1. The fraction of sp³-hybridized carbons (Fsp3) is 0.583. The first-order valence-corrected chi connectivity index (χ1v) is 10.7. The summed E-state index contributed by atoms with van der Waals surface area (Å²) in [6.45, 7) is 10.5. The zero-order valence-corrected chi connectivity index (χ0v) is 21.4. The first kappa shape index (κ1) is 29.1. The van der Waals surface area contributed by atoms with Crippen molar-refractivity contribution in [2.24, 2.45) is 0 Å². The molecule has 0 atom stereocenters. The highest BCUT2D eigenvalue weighted by atomic mass is 16.7. The maximum Gasteiger partial charge on any atom is 0.410 e. The van der Waals surface area contributed by atoms with Crippen molar-refractivity contribution in [3.63, 3.8) is 0 Å². The molecule has 1 aromatic rings. The van der Waals surface area contributed by atoms with Crippen LogP contribution in [0.15, 0.2) is 18.2 Å². The zero-order chi connectivity index (χ0) is 26.3. The number of hydrogen-bond acceptors (Lipinski definition) is 8. The van der Waals surface area contributed by atoms with Crippen molar-refractivity contribution < 1.29 is 38.1 Å². The maximum absolute atomic E-state index is 12.9. The maximum atomic E-state index is 12.9. The van der Waals surface area contributed by atoms with Gasteiger partial charge in [0, 0.05) is 27.0 Å². The van der Waals surface area contributed by atoms with E-state index in [0.29, 0.717) is 11.8 Å². The van der Waals surface area contributed by atoms with E-state index in [9.17, 15) is 19.2 Å². The minimum atomic E-state index is -1.83. The van der Waals surface area contributed by atoms with Gasteiger partial charge in [-0.1, -0.05) is 0 Å². The van der Waals surface area contributed by atoms with Crippen molar-refractivity contribution in [2.75, 3.05) is 26.6 Å². The lowest BCUT2D eigenvalue weighted by Crippen LogP contribution is -2.47. The fourth-order valence-electron chi connectivity index (χ4n) is 2.83. The fourth-order valence-corrected chi connectivity index (χ4v) is 2.83. The molecule has 0 saturated carbocycles. The number of carbonyl (C=O) groups excluding carboxylic acids is 4. The molecule has 0 saturated heterocycles. The van der Waals surface area contributed by atoms with Crippen LogP contribution in [0.5, 0.6) is 0 Å². The molecule has 10 heteroatoms. The molecule has 0 spiro atoms. The van der Waals surface area contributed by atoms with Gasteiger partial charge in [-0.05, 0) is 65.3 Å². The molecule has 190 valence electrons. The number of hydrogen-bond donors (Lipinski definition) is 1.